The first kappa shape index (κ1) is 21.6. The largest absolute Gasteiger partial charge is 0.462 e. The van der Waals surface area contributed by atoms with E-state index in [0.29, 0.717) is 17.1 Å². The molecule has 0 fully saturated rings. The van der Waals surface area contributed by atoms with Crippen molar-refractivity contribution >= 4 is 29.1 Å². The predicted molar refractivity (Wildman–Crippen MR) is 108 cm³/mol. The Morgan fingerprint density at radius 2 is 1.83 bits per heavy atom. The van der Waals surface area contributed by atoms with Crippen LogP contribution in [0.2, 0.25) is 5.02 Å². The van der Waals surface area contributed by atoms with Crippen LogP contribution < -0.4 is 5.32 Å². The van der Waals surface area contributed by atoms with Crippen LogP contribution in [-0.4, -0.2) is 22.5 Å². The third kappa shape index (κ3) is 4.71. The van der Waals surface area contributed by atoms with Crippen LogP contribution in [0.15, 0.2) is 48.5 Å². The molecule has 9 heteroatoms. The second kappa shape index (κ2) is 8.71. The summed E-state index contributed by atoms with van der Waals surface area (Å²) in [5, 5.41) is 2.36. The molecule has 3 rings (SSSR count). The van der Waals surface area contributed by atoms with E-state index in [2.05, 4.69) is 15.3 Å². The van der Waals surface area contributed by atoms with Crippen molar-refractivity contribution < 1.29 is 22.7 Å². The molecule has 0 saturated heterocycles. The van der Waals surface area contributed by atoms with Gasteiger partial charge in [-0.25, -0.2) is 14.8 Å². The number of ether oxygens (including phenoxy) is 1. The van der Waals surface area contributed by atoms with Gasteiger partial charge in [0.1, 0.15) is 11.4 Å². The van der Waals surface area contributed by atoms with Crippen LogP contribution in [0.3, 0.4) is 0 Å². The molecule has 0 spiro atoms. The zero-order valence-electron chi connectivity index (χ0n) is 16.0. The molecule has 0 aliphatic carbocycles. The molecule has 30 heavy (non-hydrogen) atoms. The lowest BCUT2D eigenvalue weighted by atomic mass is 10.1. The highest BCUT2D eigenvalue weighted by molar-refractivity contribution is 6.31. The Kier molecular flexibility index (Phi) is 6.26. The van der Waals surface area contributed by atoms with Gasteiger partial charge in [-0.3, -0.25) is 0 Å². The van der Waals surface area contributed by atoms with Crippen LogP contribution in [-0.2, 0) is 10.9 Å². The number of hydrogen-bond donors (Lipinski definition) is 1. The van der Waals surface area contributed by atoms with E-state index >= 15 is 0 Å². The monoisotopic (exact) mass is 435 g/mol. The second-order valence-electron chi connectivity index (χ2n) is 6.26. The average molecular weight is 436 g/mol. The highest BCUT2D eigenvalue weighted by Crippen LogP contribution is 2.37. The van der Waals surface area contributed by atoms with Gasteiger partial charge >= 0.3 is 12.1 Å². The van der Waals surface area contributed by atoms with E-state index < -0.39 is 22.7 Å². The van der Waals surface area contributed by atoms with Crippen LogP contribution in [0.4, 0.5) is 24.7 Å². The number of carbonyl (C=O) groups excluding carboxylic acids is 1. The minimum absolute atomic E-state index is 0.0373. The van der Waals surface area contributed by atoms with Crippen LogP contribution >= 0.6 is 11.6 Å². The average Bonchev–Trinajstić information content (AvgIpc) is 2.69. The van der Waals surface area contributed by atoms with Gasteiger partial charge in [0.2, 0.25) is 0 Å². The van der Waals surface area contributed by atoms with Crippen molar-refractivity contribution in [3.63, 3.8) is 0 Å². The highest BCUT2D eigenvalue weighted by Gasteiger charge is 2.33. The first-order chi connectivity index (χ1) is 14.2. The molecule has 2 aromatic carbocycles. The van der Waals surface area contributed by atoms with E-state index in [1.165, 1.54) is 6.07 Å². The molecule has 0 radical (unpaired) electrons. The Bertz CT molecular complexity index is 1070. The summed E-state index contributed by atoms with van der Waals surface area (Å²) < 4.78 is 44.7. The summed E-state index contributed by atoms with van der Waals surface area (Å²) in [4.78, 5) is 21.2. The van der Waals surface area contributed by atoms with Crippen LogP contribution in [0.5, 0.6) is 0 Å². The summed E-state index contributed by atoms with van der Waals surface area (Å²) in [7, 11) is 0. The number of aryl methyl sites for hydroxylation is 1. The minimum Gasteiger partial charge on any atom is -0.462 e. The summed E-state index contributed by atoms with van der Waals surface area (Å²) >= 11 is 5.69. The summed E-state index contributed by atoms with van der Waals surface area (Å²) in [5.74, 6) is -0.328. The quantitative estimate of drug-likeness (QED) is 0.494. The smallest absolute Gasteiger partial charge is 0.417 e. The van der Waals surface area contributed by atoms with Gasteiger partial charge in [-0.15, -0.1) is 0 Å². The van der Waals surface area contributed by atoms with E-state index in [4.69, 9.17) is 16.3 Å². The third-order valence-electron chi connectivity index (χ3n) is 4.14. The van der Waals surface area contributed by atoms with Crippen molar-refractivity contribution in [3.8, 4) is 11.4 Å². The van der Waals surface area contributed by atoms with Gasteiger partial charge in [-0.1, -0.05) is 41.9 Å². The van der Waals surface area contributed by atoms with E-state index in [0.717, 1.165) is 12.1 Å². The molecule has 1 heterocycles. The fourth-order valence-electron chi connectivity index (χ4n) is 2.78. The maximum absolute atomic E-state index is 13.2. The van der Waals surface area contributed by atoms with Gasteiger partial charge in [0.25, 0.3) is 0 Å². The van der Waals surface area contributed by atoms with Crippen molar-refractivity contribution in [2.75, 3.05) is 11.9 Å². The maximum atomic E-state index is 13.2. The first-order valence-electron chi connectivity index (χ1n) is 8.95. The summed E-state index contributed by atoms with van der Waals surface area (Å²) in [5.41, 5.74) is 0.122. The molecule has 0 unspecified atom stereocenters. The molecular formula is C21H17ClF3N3O2. The van der Waals surface area contributed by atoms with Gasteiger partial charge in [0.15, 0.2) is 5.82 Å². The summed E-state index contributed by atoms with van der Waals surface area (Å²) in [6.45, 7) is 3.38. The van der Waals surface area contributed by atoms with Crippen molar-refractivity contribution in [2.24, 2.45) is 0 Å². The molecule has 1 aromatic heterocycles. The normalized spacial score (nSPS) is 11.3. The molecule has 5 nitrogen and oxygen atoms in total. The fourth-order valence-corrected chi connectivity index (χ4v) is 3.01. The number of esters is 1. The van der Waals surface area contributed by atoms with Crippen LogP contribution in [0.25, 0.3) is 11.4 Å². The number of halogens is 4. The number of carbonyl (C=O) groups is 1. The number of rotatable bonds is 5. The van der Waals surface area contributed by atoms with Crippen molar-refractivity contribution in [2.45, 2.75) is 20.0 Å². The Hall–Kier alpha value is -3.13. The Balaban J connectivity index is 2.12. The third-order valence-corrected chi connectivity index (χ3v) is 4.47. The number of nitrogens with one attached hydrogen (secondary N) is 1. The molecule has 156 valence electrons. The lowest BCUT2D eigenvalue weighted by molar-refractivity contribution is -0.137. The molecule has 0 atom stereocenters. The fraction of sp³-hybridized carbons (Fsp3) is 0.190. The molecule has 0 bridgehead atoms. The lowest BCUT2D eigenvalue weighted by Crippen LogP contribution is -2.14. The Morgan fingerprint density at radius 1 is 1.13 bits per heavy atom. The molecule has 0 amide bonds. The number of hydrogen-bond acceptors (Lipinski definition) is 5. The van der Waals surface area contributed by atoms with Crippen molar-refractivity contribution in [3.05, 3.63) is 70.4 Å². The predicted octanol–water partition coefficient (Wildman–Crippen LogP) is 6.04. The zero-order valence-corrected chi connectivity index (χ0v) is 16.8. The number of anilines is 2. The van der Waals surface area contributed by atoms with Crippen molar-refractivity contribution in [1.82, 2.24) is 9.97 Å². The minimum atomic E-state index is -4.63. The number of benzene rings is 2. The summed E-state index contributed by atoms with van der Waals surface area (Å²) in [6, 6.07) is 12.4. The Labute approximate surface area is 175 Å². The molecule has 0 saturated carbocycles. The van der Waals surface area contributed by atoms with Gasteiger partial charge in [-0.2, -0.15) is 13.2 Å². The number of nitrogens with zero attached hydrogens (tertiary/aromatic N) is 2. The standard InChI is InChI=1S/C21H17ClF3N3O2/c1-3-30-20(29)17-12(2)26-18(13-7-5-4-6-8-13)28-19(17)27-14-9-10-16(22)15(11-14)21(23,24)25/h4-11H,3H2,1-2H3,(H,26,27,28). The molecule has 3 aromatic rings. The van der Waals surface area contributed by atoms with Crippen LogP contribution in [0.1, 0.15) is 28.5 Å². The molecule has 0 aliphatic heterocycles. The van der Waals surface area contributed by atoms with Crippen molar-refractivity contribution in [1.29, 1.82) is 0 Å². The van der Waals surface area contributed by atoms with E-state index in [1.54, 1.807) is 38.1 Å². The molecule has 1 N–H and O–H groups in total. The summed E-state index contributed by atoms with van der Waals surface area (Å²) in [6.07, 6.45) is -4.63. The molecular weight excluding hydrogens is 419 g/mol. The van der Waals surface area contributed by atoms with Gasteiger partial charge in [0.05, 0.1) is 22.9 Å². The van der Waals surface area contributed by atoms with E-state index in [-0.39, 0.29) is 23.7 Å². The lowest BCUT2D eigenvalue weighted by Gasteiger charge is -2.16. The second-order valence-corrected chi connectivity index (χ2v) is 6.67. The maximum Gasteiger partial charge on any atom is 0.417 e. The van der Waals surface area contributed by atoms with Gasteiger partial charge in [0, 0.05) is 11.3 Å². The molecule has 0 aliphatic rings. The zero-order chi connectivity index (χ0) is 21.9. The van der Waals surface area contributed by atoms with Crippen LogP contribution in [0, 0.1) is 6.92 Å². The van der Waals surface area contributed by atoms with E-state index in [1.807, 2.05) is 6.07 Å². The highest BCUT2D eigenvalue weighted by atomic mass is 35.5. The Morgan fingerprint density at radius 3 is 2.47 bits per heavy atom. The number of aromatic nitrogens is 2. The van der Waals surface area contributed by atoms with Gasteiger partial charge < -0.3 is 10.1 Å². The van der Waals surface area contributed by atoms with E-state index in [9.17, 15) is 18.0 Å². The van der Waals surface area contributed by atoms with Gasteiger partial charge in [-0.05, 0) is 32.0 Å². The topological polar surface area (TPSA) is 64.1 Å². The first-order valence-corrected chi connectivity index (χ1v) is 9.33. The SMILES string of the molecule is CCOC(=O)c1c(C)nc(-c2ccccc2)nc1Nc1ccc(Cl)c(C(F)(F)F)c1. The number of alkyl halides is 3.